The number of nitriles is 1. The SMILES string of the molecule is CC1(O)CCC(Nc2c(C(N)=O)cnn3cc(-c4ccc(C#N)cc4)cc23)CC1. The van der Waals surface area contributed by atoms with E-state index in [1.165, 1.54) is 6.20 Å². The van der Waals surface area contributed by atoms with Gasteiger partial charge in [0.1, 0.15) is 0 Å². The van der Waals surface area contributed by atoms with E-state index in [2.05, 4.69) is 16.5 Å². The zero-order valence-electron chi connectivity index (χ0n) is 16.2. The first-order valence-electron chi connectivity index (χ1n) is 9.67. The molecule has 3 aromatic rings. The Bertz CT molecular complexity index is 1100. The van der Waals surface area contributed by atoms with Gasteiger partial charge in [-0.2, -0.15) is 10.4 Å². The summed E-state index contributed by atoms with van der Waals surface area (Å²) in [6.45, 7) is 1.86. The average molecular weight is 389 g/mol. The number of fused-ring (bicyclic) bond motifs is 1. The number of hydrogen-bond donors (Lipinski definition) is 3. The van der Waals surface area contributed by atoms with Crippen molar-refractivity contribution in [3.8, 4) is 17.2 Å². The number of rotatable bonds is 4. The molecule has 0 radical (unpaired) electrons. The first kappa shape index (κ1) is 19.0. The molecule has 2 aromatic heterocycles. The highest BCUT2D eigenvalue weighted by atomic mass is 16.3. The summed E-state index contributed by atoms with van der Waals surface area (Å²) < 4.78 is 1.72. The molecule has 1 saturated carbocycles. The van der Waals surface area contributed by atoms with Crippen molar-refractivity contribution in [1.82, 2.24) is 9.61 Å². The van der Waals surface area contributed by atoms with E-state index >= 15 is 0 Å². The predicted molar refractivity (Wildman–Crippen MR) is 110 cm³/mol. The van der Waals surface area contributed by atoms with Crippen LogP contribution in [0.2, 0.25) is 0 Å². The van der Waals surface area contributed by atoms with Gasteiger partial charge in [0.2, 0.25) is 0 Å². The van der Waals surface area contributed by atoms with E-state index in [1.54, 1.807) is 16.6 Å². The van der Waals surface area contributed by atoms with Gasteiger partial charge in [0.05, 0.1) is 40.2 Å². The Balaban J connectivity index is 1.72. The fourth-order valence-electron chi connectivity index (χ4n) is 3.88. The van der Waals surface area contributed by atoms with Crippen molar-refractivity contribution >= 4 is 17.1 Å². The molecule has 1 aromatic carbocycles. The van der Waals surface area contributed by atoms with Gasteiger partial charge < -0.3 is 16.2 Å². The number of aromatic nitrogens is 2. The molecule has 29 heavy (non-hydrogen) atoms. The van der Waals surface area contributed by atoms with Gasteiger partial charge in [-0.1, -0.05) is 12.1 Å². The van der Waals surface area contributed by atoms with E-state index in [9.17, 15) is 9.90 Å². The van der Waals surface area contributed by atoms with Gasteiger partial charge in [0.15, 0.2) is 0 Å². The Morgan fingerprint density at radius 1 is 1.31 bits per heavy atom. The van der Waals surface area contributed by atoms with Crippen LogP contribution < -0.4 is 11.1 Å². The molecule has 1 amide bonds. The number of benzene rings is 1. The summed E-state index contributed by atoms with van der Waals surface area (Å²) >= 11 is 0. The van der Waals surface area contributed by atoms with Gasteiger partial charge in [-0.25, -0.2) is 4.52 Å². The van der Waals surface area contributed by atoms with Crippen LogP contribution in [0.5, 0.6) is 0 Å². The van der Waals surface area contributed by atoms with Crippen LogP contribution >= 0.6 is 0 Å². The number of hydrogen-bond acceptors (Lipinski definition) is 5. The highest BCUT2D eigenvalue weighted by molar-refractivity contribution is 6.02. The molecule has 148 valence electrons. The Morgan fingerprint density at radius 3 is 2.62 bits per heavy atom. The van der Waals surface area contributed by atoms with Crippen LogP contribution in [0.3, 0.4) is 0 Å². The number of primary amides is 1. The maximum Gasteiger partial charge on any atom is 0.252 e. The number of nitrogens with two attached hydrogens (primary N) is 1. The number of amides is 1. The fourth-order valence-corrected chi connectivity index (χ4v) is 3.88. The molecule has 1 aliphatic carbocycles. The number of nitrogens with zero attached hydrogens (tertiary/aromatic N) is 3. The van der Waals surface area contributed by atoms with Gasteiger partial charge in [-0.05, 0) is 56.4 Å². The molecule has 1 fully saturated rings. The molecule has 0 saturated heterocycles. The lowest BCUT2D eigenvalue weighted by Gasteiger charge is -2.34. The molecule has 0 bridgehead atoms. The molecule has 0 spiro atoms. The molecule has 4 N–H and O–H groups in total. The van der Waals surface area contributed by atoms with Gasteiger partial charge in [0.25, 0.3) is 5.91 Å². The largest absolute Gasteiger partial charge is 0.390 e. The Hall–Kier alpha value is -3.37. The van der Waals surface area contributed by atoms with Gasteiger partial charge in [-0.15, -0.1) is 0 Å². The number of anilines is 1. The van der Waals surface area contributed by atoms with Crippen molar-refractivity contribution in [1.29, 1.82) is 5.26 Å². The van der Waals surface area contributed by atoms with Gasteiger partial charge in [-0.3, -0.25) is 4.79 Å². The second kappa shape index (κ2) is 7.22. The number of aliphatic hydroxyl groups is 1. The zero-order valence-corrected chi connectivity index (χ0v) is 16.2. The minimum atomic E-state index is -0.629. The van der Waals surface area contributed by atoms with Crippen LogP contribution in [0.4, 0.5) is 5.69 Å². The Morgan fingerprint density at radius 2 is 2.00 bits per heavy atom. The summed E-state index contributed by atoms with van der Waals surface area (Å²) in [7, 11) is 0. The first-order valence-corrected chi connectivity index (χ1v) is 9.67. The quantitative estimate of drug-likeness (QED) is 0.634. The third-order valence-corrected chi connectivity index (χ3v) is 5.66. The highest BCUT2D eigenvalue weighted by Gasteiger charge is 2.29. The summed E-state index contributed by atoms with van der Waals surface area (Å²) in [5.41, 5.74) is 9.23. The second-order valence-electron chi connectivity index (χ2n) is 7.96. The maximum absolute atomic E-state index is 12.0. The maximum atomic E-state index is 12.0. The van der Waals surface area contributed by atoms with Crippen molar-refractivity contribution in [3.05, 3.63) is 53.9 Å². The molecule has 0 aliphatic heterocycles. The molecule has 7 heteroatoms. The van der Waals surface area contributed by atoms with Crippen molar-refractivity contribution in [2.24, 2.45) is 5.73 Å². The molecular weight excluding hydrogens is 366 g/mol. The van der Waals surface area contributed by atoms with Gasteiger partial charge >= 0.3 is 0 Å². The van der Waals surface area contributed by atoms with Crippen LogP contribution in [0.25, 0.3) is 16.6 Å². The van der Waals surface area contributed by atoms with Crippen LogP contribution in [0, 0.1) is 11.3 Å². The Kier molecular flexibility index (Phi) is 4.73. The van der Waals surface area contributed by atoms with Crippen LogP contribution in [0.1, 0.15) is 48.5 Å². The van der Waals surface area contributed by atoms with Crippen LogP contribution in [0.15, 0.2) is 42.7 Å². The Labute approximate surface area is 168 Å². The first-order chi connectivity index (χ1) is 13.9. The average Bonchev–Trinajstić information content (AvgIpc) is 3.14. The van der Waals surface area contributed by atoms with E-state index in [-0.39, 0.29) is 6.04 Å². The van der Waals surface area contributed by atoms with E-state index in [0.717, 1.165) is 29.5 Å². The smallest absolute Gasteiger partial charge is 0.252 e. The minimum absolute atomic E-state index is 0.146. The highest BCUT2D eigenvalue weighted by Crippen LogP contribution is 2.33. The standard InChI is InChI=1S/C22H23N5O2/c1-22(29)8-6-17(7-9-22)26-20-18(21(24)28)12-25-27-13-16(10-19(20)27)15-4-2-14(11-23)3-5-15/h2-5,10,12-13,17,26,29H,6-9H2,1H3,(H2,24,28). The van der Waals surface area contributed by atoms with Crippen molar-refractivity contribution in [2.75, 3.05) is 5.32 Å². The molecule has 2 heterocycles. The molecular formula is C22H23N5O2. The second-order valence-corrected chi connectivity index (χ2v) is 7.96. The van der Waals surface area contributed by atoms with Crippen molar-refractivity contribution in [2.45, 2.75) is 44.2 Å². The minimum Gasteiger partial charge on any atom is -0.390 e. The summed E-state index contributed by atoms with van der Waals surface area (Å²) in [4.78, 5) is 12.0. The van der Waals surface area contributed by atoms with Gasteiger partial charge in [0, 0.05) is 17.8 Å². The van der Waals surface area contributed by atoms with Crippen LogP contribution in [-0.4, -0.2) is 32.3 Å². The third kappa shape index (κ3) is 3.80. The third-order valence-electron chi connectivity index (χ3n) is 5.66. The van der Waals surface area contributed by atoms with Crippen molar-refractivity contribution in [3.63, 3.8) is 0 Å². The van der Waals surface area contributed by atoms with E-state index in [4.69, 9.17) is 11.0 Å². The summed E-state index contributed by atoms with van der Waals surface area (Å²) in [6.07, 6.45) is 6.40. The van der Waals surface area contributed by atoms with Crippen LogP contribution in [-0.2, 0) is 0 Å². The van der Waals surface area contributed by atoms with Crippen molar-refractivity contribution < 1.29 is 9.90 Å². The summed E-state index contributed by atoms with van der Waals surface area (Å²) in [5.74, 6) is -0.536. The van der Waals surface area contributed by atoms with E-state index in [1.807, 2.05) is 31.3 Å². The molecule has 7 nitrogen and oxygen atoms in total. The van der Waals surface area contributed by atoms with E-state index in [0.29, 0.717) is 29.7 Å². The topological polar surface area (TPSA) is 116 Å². The monoisotopic (exact) mass is 389 g/mol. The lowest BCUT2D eigenvalue weighted by Crippen LogP contribution is -2.36. The number of nitrogens with one attached hydrogen (secondary N) is 1. The lowest BCUT2D eigenvalue weighted by molar-refractivity contribution is 0.0196. The normalized spacial score (nSPS) is 21.6. The number of carbonyl (C=O) groups is 1. The predicted octanol–water partition coefficient (Wildman–Crippen LogP) is 3.08. The molecule has 1 aliphatic rings. The van der Waals surface area contributed by atoms with E-state index < -0.39 is 11.5 Å². The summed E-state index contributed by atoms with van der Waals surface area (Å²) in [6, 6.07) is 11.5. The number of carbonyl (C=O) groups excluding carboxylic acids is 1. The molecule has 4 rings (SSSR count). The molecule has 0 unspecified atom stereocenters. The fraction of sp³-hybridized carbons (Fsp3) is 0.318. The molecule has 0 atom stereocenters. The summed E-state index contributed by atoms with van der Waals surface area (Å²) in [5, 5.41) is 27.0. The lowest BCUT2D eigenvalue weighted by atomic mass is 9.83. The zero-order chi connectivity index (χ0) is 20.6.